The lowest BCUT2D eigenvalue weighted by molar-refractivity contribution is 0.0776. The van der Waals surface area contributed by atoms with Crippen molar-refractivity contribution in [3.63, 3.8) is 0 Å². The van der Waals surface area contributed by atoms with Gasteiger partial charge < -0.3 is 19.4 Å². The molecule has 0 bridgehead atoms. The highest BCUT2D eigenvalue weighted by atomic mass is 35.5. The fourth-order valence-corrected chi connectivity index (χ4v) is 10.4. The van der Waals surface area contributed by atoms with Crippen LogP contribution in [-0.2, 0) is 19.3 Å². The Labute approximate surface area is 308 Å². The lowest BCUT2D eigenvalue weighted by Crippen LogP contribution is -2.22. The van der Waals surface area contributed by atoms with Gasteiger partial charge >= 0.3 is 0 Å². The maximum atomic E-state index is 14.5. The van der Waals surface area contributed by atoms with Crippen molar-refractivity contribution in [3.05, 3.63) is 105 Å². The quantitative estimate of drug-likeness (QED) is 0.173. The van der Waals surface area contributed by atoms with E-state index in [0.717, 1.165) is 91.5 Å². The molecular formula is C40H34ClFN6O3S. The molecule has 0 spiro atoms. The van der Waals surface area contributed by atoms with Crippen molar-refractivity contribution in [1.29, 1.82) is 0 Å². The van der Waals surface area contributed by atoms with Crippen molar-refractivity contribution in [1.82, 2.24) is 25.1 Å². The van der Waals surface area contributed by atoms with Crippen molar-refractivity contribution in [2.75, 3.05) is 19.0 Å². The Bertz CT molecular complexity index is 2460. The van der Waals surface area contributed by atoms with E-state index < -0.39 is 0 Å². The summed E-state index contributed by atoms with van der Waals surface area (Å²) in [4.78, 5) is 27.4. The molecule has 9 nitrogen and oxygen atoms in total. The number of fused-ring (bicyclic) bond motifs is 6. The zero-order chi connectivity index (χ0) is 35.2. The van der Waals surface area contributed by atoms with E-state index in [1.807, 2.05) is 23.1 Å². The first-order chi connectivity index (χ1) is 25.4. The number of carbonyl (C=O) groups is 1. The highest BCUT2D eigenvalue weighted by molar-refractivity contribution is 7.23. The molecule has 2 aliphatic heterocycles. The lowest BCUT2D eigenvalue weighted by atomic mass is 9.89. The molecule has 1 amide bonds. The summed E-state index contributed by atoms with van der Waals surface area (Å²) in [6.07, 6.45) is 7.73. The summed E-state index contributed by atoms with van der Waals surface area (Å²) in [5.74, 6) is 1.75. The van der Waals surface area contributed by atoms with Gasteiger partial charge in [-0.05, 0) is 103 Å². The molecule has 4 aliphatic rings. The van der Waals surface area contributed by atoms with E-state index in [2.05, 4.69) is 33.7 Å². The predicted octanol–water partition coefficient (Wildman–Crippen LogP) is 9.18. The van der Waals surface area contributed by atoms with Crippen LogP contribution >= 0.6 is 22.9 Å². The van der Waals surface area contributed by atoms with E-state index in [9.17, 15) is 9.18 Å². The van der Waals surface area contributed by atoms with Crippen LogP contribution in [0, 0.1) is 12.7 Å². The molecule has 12 heteroatoms. The standard InChI is InChI=1S/C40H34ClFN6O3S/c1-19-46-47-39(51-19)32-29(17-21-6-5-20-16-23(41)7-8-24(20)21)44-35-30-4-3-15-48(30)40(49)34(35)33(32)31-18-22-13-14-43-38(37(22)52-31)45-28-12-10-26-25(28)9-11-27(42)36(26)50-2/h7-9,11,13-14,16,18,21,28,30H,3-6,10,12,15,17H2,1-2H3,(H,43,45)/t21-,28?,30?/m0/s1. The van der Waals surface area contributed by atoms with Gasteiger partial charge in [-0.3, -0.25) is 9.78 Å². The van der Waals surface area contributed by atoms with Crippen LogP contribution in [0.3, 0.4) is 0 Å². The van der Waals surface area contributed by atoms with Crippen molar-refractivity contribution < 1.29 is 18.3 Å². The second-order valence-corrected chi connectivity index (χ2v) is 15.7. The van der Waals surface area contributed by atoms with E-state index in [1.165, 1.54) is 24.3 Å². The van der Waals surface area contributed by atoms with Gasteiger partial charge in [-0.2, -0.15) is 0 Å². The largest absolute Gasteiger partial charge is 0.493 e. The van der Waals surface area contributed by atoms with Crippen LogP contribution in [0.15, 0.2) is 53.1 Å². The second kappa shape index (κ2) is 12.1. The van der Waals surface area contributed by atoms with Crippen LogP contribution in [0.1, 0.15) is 93.6 Å². The first-order valence-electron chi connectivity index (χ1n) is 17.8. The summed E-state index contributed by atoms with van der Waals surface area (Å²) in [6, 6.07) is 13.5. The molecule has 2 aliphatic carbocycles. The van der Waals surface area contributed by atoms with Gasteiger partial charge in [-0.15, -0.1) is 21.5 Å². The third-order valence-electron chi connectivity index (χ3n) is 11.3. The number of carbonyl (C=O) groups excluding carboxylic acids is 1. The summed E-state index contributed by atoms with van der Waals surface area (Å²) in [5, 5.41) is 14.2. The normalized spacial score (nSPS) is 20.0. The van der Waals surface area contributed by atoms with Gasteiger partial charge in [0.25, 0.3) is 5.91 Å². The van der Waals surface area contributed by atoms with Crippen molar-refractivity contribution in [2.45, 2.75) is 69.9 Å². The fourth-order valence-electron chi connectivity index (χ4n) is 9.06. The lowest BCUT2D eigenvalue weighted by Gasteiger charge is -2.19. The molecule has 4 aromatic heterocycles. The van der Waals surface area contributed by atoms with Crippen molar-refractivity contribution in [2.24, 2.45) is 0 Å². The van der Waals surface area contributed by atoms with E-state index in [-0.39, 0.29) is 29.7 Å². The van der Waals surface area contributed by atoms with Crippen molar-refractivity contribution >= 4 is 44.7 Å². The average molecular weight is 733 g/mol. The molecule has 0 saturated carbocycles. The zero-order valence-electron chi connectivity index (χ0n) is 28.6. The van der Waals surface area contributed by atoms with Crippen LogP contribution in [0.25, 0.3) is 32.0 Å². The van der Waals surface area contributed by atoms with Crippen LogP contribution in [-0.4, -0.2) is 44.6 Å². The highest BCUT2D eigenvalue weighted by Crippen LogP contribution is 2.52. The van der Waals surface area contributed by atoms with E-state index in [1.54, 1.807) is 24.5 Å². The molecule has 3 atom stereocenters. The van der Waals surface area contributed by atoms with Crippen molar-refractivity contribution in [3.8, 4) is 27.6 Å². The van der Waals surface area contributed by atoms with Gasteiger partial charge in [0, 0.05) is 40.7 Å². The molecule has 2 aromatic carbocycles. The molecule has 1 fully saturated rings. The molecular weight excluding hydrogens is 699 g/mol. The van der Waals surface area contributed by atoms with Gasteiger partial charge in [0.1, 0.15) is 5.82 Å². The summed E-state index contributed by atoms with van der Waals surface area (Å²) in [7, 11) is 1.51. The fraction of sp³-hybridized carbons (Fsp3) is 0.325. The molecule has 6 aromatic rings. The highest BCUT2D eigenvalue weighted by Gasteiger charge is 2.45. The number of hydrogen-bond donors (Lipinski definition) is 1. The van der Waals surface area contributed by atoms with Gasteiger partial charge in [0.15, 0.2) is 11.6 Å². The second-order valence-electron chi connectivity index (χ2n) is 14.2. The number of rotatable bonds is 7. The minimum absolute atomic E-state index is 0.00237. The number of nitrogens with one attached hydrogen (secondary N) is 1. The first-order valence-corrected chi connectivity index (χ1v) is 19.0. The molecule has 2 unspecified atom stereocenters. The Balaban J connectivity index is 1.14. The maximum Gasteiger partial charge on any atom is 0.257 e. The Kier molecular flexibility index (Phi) is 7.41. The number of amides is 1. The number of pyridine rings is 2. The minimum Gasteiger partial charge on any atom is -0.493 e. The van der Waals surface area contributed by atoms with Crippen LogP contribution in [0.5, 0.6) is 5.75 Å². The predicted molar refractivity (Wildman–Crippen MR) is 198 cm³/mol. The molecule has 262 valence electrons. The van der Waals surface area contributed by atoms with Gasteiger partial charge in [-0.25, -0.2) is 9.37 Å². The molecule has 10 rings (SSSR count). The number of nitrogens with zero attached hydrogens (tertiary/aromatic N) is 5. The van der Waals surface area contributed by atoms with Gasteiger partial charge in [0.2, 0.25) is 11.8 Å². The number of aromatic nitrogens is 4. The number of aryl methyl sites for hydroxylation is 2. The summed E-state index contributed by atoms with van der Waals surface area (Å²) in [5.41, 5.74) is 8.34. The van der Waals surface area contributed by atoms with Crippen LogP contribution < -0.4 is 10.1 Å². The number of anilines is 1. The maximum absolute atomic E-state index is 14.5. The monoisotopic (exact) mass is 732 g/mol. The number of thiophene rings is 1. The number of ether oxygens (including phenoxy) is 1. The molecule has 52 heavy (non-hydrogen) atoms. The number of halogens is 2. The third-order valence-corrected chi connectivity index (χ3v) is 12.7. The third kappa shape index (κ3) is 4.89. The van der Waals surface area contributed by atoms with E-state index in [4.69, 9.17) is 30.7 Å². The van der Waals surface area contributed by atoms with E-state index in [0.29, 0.717) is 42.5 Å². The first kappa shape index (κ1) is 31.8. The number of hydrogen-bond acceptors (Lipinski definition) is 9. The Hall–Kier alpha value is -4.87. The number of methoxy groups -OCH3 is 1. The van der Waals surface area contributed by atoms with Gasteiger partial charge in [0.05, 0.1) is 46.4 Å². The topological polar surface area (TPSA) is 106 Å². The summed E-state index contributed by atoms with van der Waals surface area (Å²) < 4.78 is 27.1. The number of benzene rings is 2. The molecule has 6 heterocycles. The van der Waals surface area contributed by atoms with Crippen LogP contribution in [0.2, 0.25) is 5.02 Å². The van der Waals surface area contributed by atoms with Gasteiger partial charge in [-0.1, -0.05) is 23.7 Å². The average Bonchev–Trinajstić information content (AvgIpc) is 3.99. The Morgan fingerprint density at radius 1 is 1.06 bits per heavy atom. The minimum atomic E-state index is -0.349. The Morgan fingerprint density at radius 3 is 2.79 bits per heavy atom. The SMILES string of the molecule is COc1c(F)ccc2c1CCC2Nc1nccc2cc(-c3c4c(nc(C[C@@H]5CCc6cc(Cl)ccc65)c3-c3nnc(C)o3)C3CCCN3C4=O)sc12. The van der Waals surface area contributed by atoms with Crippen LogP contribution in [0.4, 0.5) is 10.2 Å². The zero-order valence-corrected chi connectivity index (χ0v) is 30.2. The molecule has 1 N–H and O–H groups in total. The molecule has 0 radical (unpaired) electrons. The molecule has 1 saturated heterocycles. The summed E-state index contributed by atoms with van der Waals surface area (Å²) >= 11 is 7.98. The summed E-state index contributed by atoms with van der Waals surface area (Å²) in [6.45, 7) is 2.49. The smallest absolute Gasteiger partial charge is 0.257 e. The van der Waals surface area contributed by atoms with E-state index >= 15 is 0 Å². The Morgan fingerprint density at radius 2 is 1.94 bits per heavy atom.